The van der Waals surface area contributed by atoms with Crippen LogP contribution in [0.4, 0.5) is 4.39 Å². The molecule has 0 aromatic heterocycles. The van der Waals surface area contributed by atoms with E-state index in [0.29, 0.717) is 5.25 Å². The lowest BCUT2D eigenvalue weighted by molar-refractivity contribution is 0.327. The first-order chi connectivity index (χ1) is 8.19. The highest BCUT2D eigenvalue weighted by atomic mass is 32.2. The summed E-state index contributed by atoms with van der Waals surface area (Å²) in [6.45, 7) is 2.24. The summed E-state index contributed by atoms with van der Waals surface area (Å²) in [5.41, 5.74) is 6.17. The van der Waals surface area contributed by atoms with Crippen molar-refractivity contribution in [3.8, 4) is 0 Å². The van der Waals surface area contributed by atoms with Gasteiger partial charge in [-0.25, -0.2) is 4.39 Å². The van der Waals surface area contributed by atoms with Gasteiger partial charge < -0.3 is 5.73 Å². The van der Waals surface area contributed by atoms with Crippen LogP contribution in [0.5, 0.6) is 0 Å². The Hall–Kier alpha value is -0.540. The molecule has 0 radical (unpaired) electrons. The Morgan fingerprint density at radius 1 is 1.41 bits per heavy atom. The molecular formula is C14H20FNS. The molecule has 1 saturated carbocycles. The zero-order valence-electron chi connectivity index (χ0n) is 10.2. The third-order valence-electron chi connectivity index (χ3n) is 3.61. The smallest absolute Gasteiger partial charge is 0.124 e. The van der Waals surface area contributed by atoms with Gasteiger partial charge in [0.1, 0.15) is 5.82 Å². The summed E-state index contributed by atoms with van der Waals surface area (Å²) in [6.07, 6.45) is 4.75. The molecule has 1 aliphatic rings. The normalized spacial score (nSPS) is 29.2. The van der Waals surface area contributed by atoms with Crippen molar-refractivity contribution in [3.63, 3.8) is 0 Å². The van der Waals surface area contributed by atoms with Crippen LogP contribution in [0.1, 0.15) is 32.6 Å². The SMILES string of the molecule is CCC1CCC(N)C(Sc2cccc(F)c2)C1. The molecule has 0 amide bonds. The Balaban J connectivity index is 2.01. The Bertz CT molecular complexity index is 369. The van der Waals surface area contributed by atoms with Crippen LogP contribution in [0, 0.1) is 11.7 Å². The van der Waals surface area contributed by atoms with Crippen LogP contribution in [0.2, 0.25) is 0 Å². The number of benzene rings is 1. The second-order valence-corrected chi connectivity index (χ2v) is 6.18. The van der Waals surface area contributed by atoms with Gasteiger partial charge in [0, 0.05) is 16.2 Å². The summed E-state index contributed by atoms with van der Waals surface area (Å²) in [5.74, 6) is 0.632. The molecule has 94 valence electrons. The lowest BCUT2D eigenvalue weighted by Crippen LogP contribution is -2.38. The van der Waals surface area contributed by atoms with Gasteiger partial charge in [-0.05, 0) is 43.4 Å². The van der Waals surface area contributed by atoms with Gasteiger partial charge in [-0.15, -0.1) is 11.8 Å². The molecule has 3 unspecified atom stereocenters. The van der Waals surface area contributed by atoms with Gasteiger partial charge >= 0.3 is 0 Å². The summed E-state index contributed by atoms with van der Waals surface area (Å²) < 4.78 is 13.1. The molecule has 1 aliphatic carbocycles. The number of hydrogen-bond acceptors (Lipinski definition) is 2. The van der Waals surface area contributed by atoms with E-state index in [4.69, 9.17) is 5.73 Å². The first-order valence-electron chi connectivity index (χ1n) is 6.37. The van der Waals surface area contributed by atoms with Crippen LogP contribution < -0.4 is 5.73 Å². The van der Waals surface area contributed by atoms with Gasteiger partial charge in [0.25, 0.3) is 0 Å². The lowest BCUT2D eigenvalue weighted by atomic mass is 9.84. The van der Waals surface area contributed by atoms with Gasteiger partial charge in [-0.2, -0.15) is 0 Å². The van der Waals surface area contributed by atoms with Crippen molar-refractivity contribution in [2.75, 3.05) is 0 Å². The molecule has 0 saturated heterocycles. The molecule has 3 atom stereocenters. The number of hydrogen-bond donors (Lipinski definition) is 1. The van der Waals surface area contributed by atoms with Gasteiger partial charge in [0.05, 0.1) is 0 Å². The van der Waals surface area contributed by atoms with Crippen molar-refractivity contribution in [2.24, 2.45) is 11.7 Å². The zero-order valence-corrected chi connectivity index (χ0v) is 11.0. The highest BCUT2D eigenvalue weighted by Gasteiger charge is 2.27. The minimum Gasteiger partial charge on any atom is -0.327 e. The minimum absolute atomic E-state index is 0.161. The second kappa shape index (κ2) is 5.87. The third kappa shape index (κ3) is 3.46. The average molecular weight is 253 g/mol. The van der Waals surface area contributed by atoms with E-state index in [2.05, 4.69) is 6.92 Å². The Morgan fingerprint density at radius 3 is 2.94 bits per heavy atom. The lowest BCUT2D eigenvalue weighted by Gasteiger charge is -2.33. The van der Waals surface area contributed by atoms with E-state index in [1.807, 2.05) is 6.07 Å². The van der Waals surface area contributed by atoms with E-state index < -0.39 is 0 Å². The average Bonchev–Trinajstić information content (AvgIpc) is 2.32. The van der Waals surface area contributed by atoms with Crippen molar-refractivity contribution in [1.29, 1.82) is 0 Å². The van der Waals surface area contributed by atoms with Crippen molar-refractivity contribution in [3.05, 3.63) is 30.1 Å². The predicted molar refractivity (Wildman–Crippen MR) is 71.7 cm³/mol. The van der Waals surface area contributed by atoms with E-state index in [-0.39, 0.29) is 11.9 Å². The van der Waals surface area contributed by atoms with Crippen molar-refractivity contribution in [2.45, 2.75) is 48.8 Å². The highest BCUT2D eigenvalue weighted by Crippen LogP contribution is 2.36. The molecule has 1 nitrogen and oxygen atoms in total. The quantitative estimate of drug-likeness (QED) is 0.886. The van der Waals surface area contributed by atoms with Gasteiger partial charge in [0.15, 0.2) is 0 Å². The molecule has 1 aromatic carbocycles. The zero-order chi connectivity index (χ0) is 12.3. The molecule has 0 heterocycles. The summed E-state index contributed by atoms with van der Waals surface area (Å²) in [4.78, 5) is 1.00. The minimum atomic E-state index is -0.161. The molecule has 0 spiro atoms. The van der Waals surface area contributed by atoms with Crippen molar-refractivity contribution < 1.29 is 4.39 Å². The van der Waals surface area contributed by atoms with Crippen LogP contribution in [0.15, 0.2) is 29.2 Å². The van der Waals surface area contributed by atoms with Crippen LogP contribution in [0.25, 0.3) is 0 Å². The fourth-order valence-corrected chi connectivity index (χ4v) is 3.82. The van der Waals surface area contributed by atoms with E-state index in [1.54, 1.807) is 23.9 Å². The van der Waals surface area contributed by atoms with Crippen LogP contribution in [-0.2, 0) is 0 Å². The molecule has 17 heavy (non-hydrogen) atoms. The summed E-state index contributed by atoms with van der Waals surface area (Å²) in [5, 5.41) is 0.440. The van der Waals surface area contributed by atoms with Crippen molar-refractivity contribution in [1.82, 2.24) is 0 Å². The molecular weight excluding hydrogens is 233 g/mol. The number of nitrogens with two attached hydrogens (primary N) is 1. The fourth-order valence-electron chi connectivity index (χ4n) is 2.46. The summed E-state index contributed by atoms with van der Waals surface area (Å²) >= 11 is 1.74. The van der Waals surface area contributed by atoms with Crippen LogP contribution in [-0.4, -0.2) is 11.3 Å². The number of rotatable bonds is 3. The Morgan fingerprint density at radius 2 is 2.24 bits per heavy atom. The molecule has 2 N–H and O–H groups in total. The maximum absolute atomic E-state index is 13.1. The maximum Gasteiger partial charge on any atom is 0.124 e. The molecule has 0 aliphatic heterocycles. The molecule has 0 bridgehead atoms. The maximum atomic E-state index is 13.1. The van der Waals surface area contributed by atoms with Crippen LogP contribution >= 0.6 is 11.8 Å². The van der Waals surface area contributed by atoms with E-state index in [0.717, 1.165) is 17.2 Å². The van der Waals surface area contributed by atoms with Crippen molar-refractivity contribution >= 4 is 11.8 Å². The third-order valence-corrected chi connectivity index (χ3v) is 4.98. The van der Waals surface area contributed by atoms with Gasteiger partial charge in [0.2, 0.25) is 0 Å². The van der Waals surface area contributed by atoms with E-state index in [1.165, 1.54) is 25.3 Å². The summed E-state index contributed by atoms with van der Waals surface area (Å²) in [6, 6.07) is 7.08. The molecule has 3 heteroatoms. The molecule has 2 rings (SSSR count). The predicted octanol–water partition coefficient (Wildman–Crippen LogP) is 3.82. The van der Waals surface area contributed by atoms with Crippen LogP contribution in [0.3, 0.4) is 0 Å². The topological polar surface area (TPSA) is 26.0 Å². The monoisotopic (exact) mass is 253 g/mol. The highest BCUT2D eigenvalue weighted by molar-refractivity contribution is 8.00. The molecule has 1 fully saturated rings. The standard InChI is InChI=1S/C14H20FNS/c1-2-10-6-7-13(16)14(8-10)17-12-5-3-4-11(15)9-12/h3-5,9-10,13-14H,2,6-8,16H2,1H3. The van der Waals surface area contributed by atoms with Gasteiger partial charge in [-0.3, -0.25) is 0 Å². The molecule has 1 aromatic rings. The number of thioether (sulfide) groups is 1. The summed E-state index contributed by atoms with van der Waals surface area (Å²) in [7, 11) is 0. The van der Waals surface area contributed by atoms with Gasteiger partial charge in [-0.1, -0.05) is 19.4 Å². The largest absolute Gasteiger partial charge is 0.327 e. The Kier molecular flexibility index (Phi) is 4.46. The second-order valence-electron chi connectivity index (χ2n) is 4.86. The number of halogens is 1. The Labute approximate surface area is 107 Å². The fraction of sp³-hybridized carbons (Fsp3) is 0.571. The van der Waals surface area contributed by atoms with E-state index in [9.17, 15) is 4.39 Å². The van der Waals surface area contributed by atoms with E-state index >= 15 is 0 Å². The first-order valence-corrected chi connectivity index (χ1v) is 7.24. The first kappa shape index (κ1) is 12.9.